The van der Waals surface area contributed by atoms with Crippen molar-refractivity contribution in [2.75, 3.05) is 32.8 Å². The predicted molar refractivity (Wildman–Crippen MR) is 176 cm³/mol. The highest BCUT2D eigenvalue weighted by molar-refractivity contribution is 7.98. The Morgan fingerprint density at radius 1 is 0.867 bits per heavy atom. The monoisotopic (exact) mass is 634 g/mol. The molecule has 0 aliphatic carbocycles. The summed E-state index contributed by atoms with van der Waals surface area (Å²) in [5.41, 5.74) is 3.99. The number of thioether (sulfide) groups is 1. The molecule has 0 spiro atoms. The molecule has 45 heavy (non-hydrogen) atoms. The van der Waals surface area contributed by atoms with E-state index in [0.29, 0.717) is 36.2 Å². The molecule has 4 rings (SSSR count). The number of nitrogens with zero attached hydrogens (tertiary/aromatic N) is 4. The van der Waals surface area contributed by atoms with Crippen molar-refractivity contribution >= 4 is 17.7 Å². The normalized spacial score (nSPS) is 11.2. The molecule has 1 heterocycles. The Balaban J connectivity index is 1.56. The standard InChI is InChI=1S/C35H40F2N4O3S/c1-4-39(5-2)19-20-40(22-27-9-15-30(16-10-27)29-13-7-26(21-36)8-14-29)33(42)24-41-23-32(44-6-3)34(43)38-35(41)45-25-28-11-17-31(37)18-12-28/h7-18,23H,4-6,19-22,24-25H2,1-3H3. The number of hydrogen-bond acceptors (Lipinski definition) is 6. The van der Waals surface area contributed by atoms with Crippen molar-refractivity contribution in [2.45, 2.75) is 51.4 Å². The van der Waals surface area contributed by atoms with E-state index in [0.717, 1.165) is 41.9 Å². The Labute approximate surface area is 267 Å². The molecule has 3 aromatic carbocycles. The quantitative estimate of drug-likeness (QED) is 0.103. The van der Waals surface area contributed by atoms with E-state index >= 15 is 0 Å². The van der Waals surface area contributed by atoms with Crippen LogP contribution in [0.4, 0.5) is 8.78 Å². The van der Waals surface area contributed by atoms with Crippen LogP contribution in [0.1, 0.15) is 37.5 Å². The van der Waals surface area contributed by atoms with Gasteiger partial charge in [0.2, 0.25) is 11.7 Å². The molecule has 0 radical (unpaired) electrons. The summed E-state index contributed by atoms with van der Waals surface area (Å²) in [6, 6.07) is 21.6. The number of ether oxygens (including phenoxy) is 1. The summed E-state index contributed by atoms with van der Waals surface area (Å²) in [4.78, 5) is 34.9. The summed E-state index contributed by atoms with van der Waals surface area (Å²) >= 11 is 1.31. The number of alkyl halides is 1. The molecular weight excluding hydrogens is 594 g/mol. The molecule has 0 N–H and O–H groups in total. The number of aromatic nitrogens is 2. The second-order valence-electron chi connectivity index (χ2n) is 10.5. The number of likely N-dealkylation sites (N-methyl/N-ethyl adjacent to an activating group) is 1. The summed E-state index contributed by atoms with van der Waals surface area (Å²) in [6.45, 7) is 9.15. The van der Waals surface area contributed by atoms with Crippen LogP contribution in [0.25, 0.3) is 11.1 Å². The van der Waals surface area contributed by atoms with Crippen LogP contribution in [0, 0.1) is 5.82 Å². The Bertz CT molecular complexity index is 1580. The first-order chi connectivity index (χ1) is 21.8. The van der Waals surface area contributed by atoms with Crippen LogP contribution in [0.5, 0.6) is 5.75 Å². The highest BCUT2D eigenvalue weighted by Gasteiger charge is 2.19. The first kappa shape index (κ1) is 33.9. The summed E-state index contributed by atoms with van der Waals surface area (Å²) < 4.78 is 33.5. The molecule has 0 saturated carbocycles. The zero-order valence-electron chi connectivity index (χ0n) is 26.0. The molecule has 0 unspecified atom stereocenters. The minimum atomic E-state index is -0.500. The zero-order valence-corrected chi connectivity index (χ0v) is 26.9. The van der Waals surface area contributed by atoms with E-state index in [1.54, 1.807) is 42.0 Å². The lowest BCUT2D eigenvalue weighted by Gasteiger charge is -2.27. The fraction of sp³-hybridized carbons (Fsp3) is 0.343. The molecule has 10 heteroatoms. The van der Waals surface area contributed by atoms with Crippen LogP contribution in [0.15, 0.2) is 88.9 Å². The van der Waals surface area contributed by atoms with E-state index in [1.807, 2.05) is 41.3 Å². The number of carbonyl (C=O) groups excluding carboxylic acids is 1. The van der Waals surface area contributed by atoms with Crippen molar-refractivity contribution in [3.05, 3.63) is 112 Å². The lowest BCUT2D eigenvalue weighted by Crippen LogP contribution is -2.40. The molecule has 1 aromatic heterocycles. The third-order valence-corrected chi connectivity index (χ3v) is 8.58. The van der Waals surface area contributed by atoms with Crippen molar-refractivity contribution in [3.63, 3.8) is 0 Å². The number of amides is 1. The Morgan fingerprint density at radius 3 is 2.04 bits per heavy atom. The smallest absolute Gasteiger partial charge is 0.315 e. The maximum absolute atomic E-state index is 13.9. The van der Waals surface area contributed by atoms with Gasteiger partial charge in [-0.2, -0.15) is 4.98 Å². The third kappa shape index (κ3) is 9.73. The molecule has 4 aromatic rings. The zero-order chi connectivity index (χ0) is 32.2. The van der Waals surface area contributed by atoms with Crippen LogP contribution < -0.4 is 10.3 Å². The van der Waals surface area contributed by atoms with E-state index in [-0.39, 0.29) is 24.0 Å². The summed E-state index contributed by atoms with van der Waals surface area (Å²) in [6.07, 6.45) is 1.55. The minimum Gasteiger partial charge on any atom is -0.487 e. The lowest BCUT2D eigenvalue weighted by atomic mass is 10.0. The van der Waals surface area contributed by atoms with Gasteiger partial charge in [0.1, 0.15) is 19.0 Å². The van der Waals surface area contributed by atoms with E-state index in [1.165, 1.54) is 23.9 Å². The van der Waals surface area contributed by atoms with Gasteiger partial charge >= 0.3 is 5.56 Å². The molecule has 0 aliphatic heterocycles. The lowest BCUT2D eigenvalue weighted by molar-refractivity contribution is -0.132. The topological polar surface area (TPSA) is 67.7 Å². The molecule has 0 fully saturated rings. The number of carbonyl (C=O) groups is 1. The molecular formula is C35H40F2N4O3S. The van der Waals surface area contributed by atoms with Crippen molar-refractivity contribution in [3.8, 4) is 16.9 Å². The second-order valence-corrected chi connectivity index (χ2v) is 11.5. The van der Waals surface area contributed by atoms with Gasteiger partial charge < -0.3 is 19.1 Å². The maximum Gasteiger partial charge on any atom is 0.315 e. The third-order valence-electron chi connectivity index (χ3n) is 7.52. The molecule has 238 valence electrons. The van der Waals surface area contributed by atoms with Crippen LogP contribution in [-0.4, -0.2) is 58.0 Å². The predicted octanol–water partition coefficient (Wildman–Crippen LogP) is 6.58. The van der Waals surface area contributed by atoms with Crippen molar-refractivity contribution < 1.29 is 18.3 Å². The van der Waals surface area contributed by atoms with E-state index in [4.69, 9.17) is 4.74 Å². The first-order valence-electron chi connectivity index (χ1n) is 15.2. The van der Waals surface area contributed by atoms with Gasteiger partial charge in [-0.15, -0.1) is 0 Å². The van der Waals surface area contributed by atoms with Crippen LogP contribution >= 0.6 is 11.8 Å². The van der Waals surface area contributed by atoms with Gasteiger partial charge in [0.05, 0.1) is 12.8 Å². The SMILES string of the molecule is CCOc1cn(CC(=O)N(CCN(CC)CC)Cc2ccc(-c3ccc(CF)cc3)cc2)c(SCc2ccc(F)cc2)nc1=O. The fourth-order valence-corrected chi connectivity index (χ4v) is 5.74. The van der Waals surface area contributed by atoms with E-state index < -0.39 is 12.2 Å². The Kier molecular flexibility index (Phi) is 12.7. The van der Waals surface area contributed by atoms with E-state index in [2.05, 4.69) is 23.7 Å². The summed E-state index contributed by atoms with van der Waals surface area (Å²) in [5.74, 6) is 0.0895. The molecule has 0 saturated heterocycles. The fourth-order valence-electron chi connectivity index (χ4n) is 4.82. The Morgan fingerprint density at radius 2 is 1.47 bits per heavy atom. The molecule has 0 aliphatic rings. The Hall–Kier alpha value is -4.02. The highest BCUT2D eigenvalue weighted by atomic mass is 32.2. The number of hydrogen-bond donors (Lipinski definition) is 0. The number of rotatable bonds is 16. The summed E-state index contributed by atoms with van der Waals surface area (Å²) in [7, 11) is 0. The average Bonchev–Trinajstić information content (AvgIpc) is 3.06. The van der Waals surface area contributed by atoms with Gasteiger partial charge in [0, 0.05) is 25.4 Å². The molecule has 0 bridgehead atoms. The summed E-state index contributed by atoms with van der Waals surface area (Å²) in [5, 5.41) is 0.382. The van der Waals surface area contributed by atoms with Crippen molar-refractivity contribution in [1.29, 1.82) is 0 Å². The molecule has 0 atom stereocenters. The van der Waals surface area contributed by atoms with Crippen LogP contribution in [0.3, 0.4) is 0 Å². The first-order valence-corrected chi connectivity index (χ1v) is 16.2. The largest absolute Gasteiger partial charge is 0.487 e. The molecule has 1 amide bonds. The van der Waals surface area contributed by atoms with Gasteiger partial charge in [-0.25, -0.2) is 8.78 Å². The average molecular weight is 635 g/mol. The number of halogens is 2. The van der Waals surface area contributed by atoms with Gasteiger partial charge in [0.25, 0.3) is 0 Å². The molecule has 7 nitrogen and oxygen atoms in total. The second kappa shape index (κ2) is 16.9. The van der Waals surface area contributed by atoms with Gasteiger partial charge in [-0.1, -0.05) is 86.3 Å². The van der Waals surface area contributed by atoms with Gasteiger partial charge in [-0.3, -0.25) is 9.59 Å². The van der Waals surface area contributed by atoms with Crippen LogP contribution in [0.2, 0.25) is 0 Å². The van der Waals surface area contributed by atoms with Gasteiger partial charge in [0.15, 0.2) is 5.16 Å². The van der Waals surface area contributed by atoms with Crippen molar-refractivity contribution in [1.82, 2.24) is 19.4 Å². The van der Waals surface area contributed by atoms with Crippen molar-refractivity contribution in [2.24, 2.45) is 0 Å². The highest BCUT2D eigenvalue weighted by Crippen LogP contribution is 2.24. The van der Waals surface area contributed by atoms with E-state index in [9.17, 15) is 18.4 Å². The maximum atomic E-state index is 13.9. The van der Waals surface area contributed by atoms with Gasteiger partial charge in [-0.05, 0) is 60.0 Å². The minimum absolute atomic E-state index is 0.0314. The van der Waals surface area contributed by atoms with Crippen LogP contribution in [-0.2, 0) is 30.3 Å². The number of benzene rings is 3.